The fourth-order valence-electron chi connectivity index (χ4n) is 3.17. The van der Waals surface area contributed by atoms with Gasteiger partial charge in [0.2, 0.25) is 0 Å². The van der Waals surface area contributed by atoms with Crippen molar-refractivity contribution < 1.29 is 23.9 Å². The summed E-state index contributed by atoms with van der Waals surface area (Å²) in [4.78, 5) is 37.8. The smallest absolute Gasteiger partial charge is 0.290 e. The number of amides is 3. The Bertz CT molecular complexity index is 815. The molecule has 2 aliphatic heterocycles. The maximum absolute atomic E-state index is 12.6. The second-order valence-electron chi connectivity index (χ2n) is 7.03. The molecule has 2 saturated heterocycles. The molecule has 150 valence electrons. The minimum atomic E-state index is -0.625. The van der Waals surface area contributed by atoms with Crippen molar-refractivity contribution in [1.29, 1.82) is 0 Å². The van der Waals surface area contributed by atoms with Gasteiger partial charge in [0.05, 0.1) is 12.0 Å². The second kappa shape index (κ2) is 8.68. The molecule has 0 aliphatic carbocycles. The molecule has 1 aromatic carbocycles. The number of thioether (sulfide) groups is 1. The molecule has 0 bridgehead atoms. The van der Waals surface area contributed by atoms with Gasteiger partial charge in [-0.15, -0.1) is 0 Å². The number of nitrogens with one attached hydrogen (secondary N) is 1. The van der Waals surface area contributed by atoms with Crippen molar-refractivity contribution in [2.45, 2.75) is 32.8 Å². The molecule has 1 N–H and O–H groups in total. The van der Waals surface area contributed by atoms with Crippen LogP contribution in [0.2, 0.25) is 0 Å². The molecule has 0 aromatic heterocycles. The average molecular weight is 404 g/mol. The first kappa shape index (κ1) is 20.3. The van der Waals surface area contributed by atoms with Crippen molar-refractivity contribution in [3.8, 4) is 11.5 Å². The van der Waals surface area contributed by atoms with Gasteiger partial charge in [0.1, 0.15) is 0 Å². The van der Waals surface area contributed by atoms with Crippen LogP contribution in [0.4, 0.5) is 4.79 Å². The molecule has 3 amide bonds. The van der Waals surface area contributed by atoms with Gasteiger partial charge in [-0.3, -0.25) is 19.7 Å². The lowest BCUT2D eigenvalue weighted by Gasteiger charge is -2.32. The van der Waals surface area contributed by atoms with E-state index in [0.29, 0.717) is 27.9 Å². The van der Waals surface area contributed by atoms with Crippen molar-refractivity contribution in [2.75, 3.05) is 20.2 Å². The Morgan fingerprint density at radius 2 is 2.00 bits per heavy atom. The zero-order chi connectivity index (χ0) is 20.3. The molecule has 1 atom stereocenters. The van der Waals surface area contributed by atoms with Gasteiger partial charge in [-0.05, 0) is 61.2 Å². The van der Waals surface area contributed by atoms with Crippen molar-refractivity contribution in [1.82, 2.24) is 10.2 Å². The Labute approximate surface area is 168 Å². The van der Waals surface area contributed by atoms with Crippen LogP contribution in [0.5, 0.6) is 11.5 Å². The summed E-state index contributed by atoms with van der Waals surface area (Å²) in [7, 11) is 1.51. The van der Waals surface area contributed by atoms with Gasteiger partial charge in [0.15, 0.2) is 17.6 Å². The molecule has 2 aliphatic rings. The number of imide groups is 1. The molecule has 3 rings (SSSR count). The monoisotopic (exact) mass is 404 g/mol. The second-order valence-corrected chi connectivity index (χ2v) is 8.05. The highest BCUT2D eigenvalue weighted by Gasteiger charge is 2.27. The zero-order valence-electron chi connectivity index (χ0n) is 16.2. The van der Waals surface area contributed by atoms with Gasteiger partial charge in [0.25, 0.3) is 17.1 Å². The van der Waals surface area contributed by atoms with Crippen LogP contribution in [0.25, 0.3) is 6.08 Å². The number of piperidine rings is 1. The van der Waals surface area contributed by atoms with E-state index < -0.39 is 12.0 Å². The van der Waals surface area contributed by atoms with Gasteiger partial charge >= 0.3 is 0 Å². The number of ether oxygens (including phenoxy) is 2. The fourth-order valence-corrected chi connectivity index (χ4v) is 3.85. The molecule has 1 aromatic rings. The quantitative estimate of drug-likeness (QED) is 0.760. The normalized spacial score (nSPS) is 20.2. The molecule has 28 heavy (non-hydrogen) atoms. The Kier molecular flexibility index (Phi) is 6.28. The first-order chi connectivity index (χ1) is 13.4. The van der Waals surface area contributed by atoms with Crippen LogP contribution in [0.1, 0.15) is 32.3 Å². The maximum Gasteiger partial charge on any atom is 0.290 e. The largest absolute Gasteiger partial charge is 0.493 e. The third-order valence-corrected chi connectivity index (χ3v) is 5.68. The third-order valence-electron chi connectivity index (χ3n) is 4.87. The van der Waals surface area contributed by atoms with Crippen LogP contribution in [0.15, 0.2) is 23.1 Å². The van der Waals surface area contributed by atoms with Crippen LogP contribution >= 0.6 is 11.8 Å². The lowest BCUT2D eigenvalue weighted by Crippen LogP contribution is -2.44. The molecule has 8 heteroatoms. The maximum atomic E-state index is 12.6. The first-order valence-corrected chi connectivity index (χ1v) is 10.1. The van der Waals surface area contributed by atoms with Crippen LogP contribution in [0.3, 0.4) is 0 Å². The summed E-state index contributed by atoms with van der Waals surface area (Å²) in [6.07, 6.45) is 3.01. The summed E-state index contributed by atoms with van der Waals surface area (Å²) in [5.74, 6) is 1.12. The van der Waals surface area contributed by atoms with E-state index >= 15 is 0 Å². The number of likely N-dealkylation sites (tertiary alicyclic amines) is 1. The van der Waals surface area contributed by atoms with Crippen molar-refractivity contribution >= 4 is 34.9 Å². The van der Waals surface area contributed by atoms with Crippen LogP contribution in [-0.2, 0) is 9.59 Å². The number of benzene rings is 1. The third kappa shape index (κ3) is 4.67. The number of hydrogen-bond donors (Lipinski definition) is 1. The minimum Gasteiger partial charge on any atom is -0.493 e. The Balaban J connectivity index is 1.70. The van der Waals surface area contributed by atoms with E-state index in [1.165, 1.54) is 7.11 Å². The van der Waals surface area contributed by atoms with E-state index in [0.717, 1.165) is 37.7 Å². The Hall–Kier alpha value is -2.48. The van der Waals surface area contributed by atoms with Crippen molar-refractivity contribution in [3.63, 3.8) is 0 Å². The molecule has 2 fully saturated rings. The highest BCUT2D eigenvalue weighted by atomic mass is 32.2. The van der Waals surface area contributed by atoms with E-state index in [4.69, 9.17) is 9.47 Å². The lowest BCUT2D eigenvalue weighted by molar-refractivity contribution is -0.139. The molecule has 0 spiro atoms. The van der Waals surface area contributed by atoms with E-state index in [-0.39, 0.29) is 11.1 Å². The van der Waals surface area contributed by atoms with Crippen LogP contribution in [-0.4, -0.2) is 48.3 Å². The van der Waals surface area contributed by atoms with Gasteiger partial charge in [0, 0.05) is 13.1 Å². The van der Waals surface area contributed by atoms with E-state index in [1.807, 2.05) is 4.90 Å². The summed E-state index contributed by atoms with van der Waals surface area (Å²) in [5, 5.41) is 1.83. The van der Waals surface area contributed by atoms with E-state index in [9.17, 15) is 14.4 Å². The summed E-state index contributed by atoms with van der Waals surface area (Å²) in [6, 6.07) is 5.16. The van der Waals surface area contributed by atoms with E-state index in [2.05, 4.69) is 12.2 Å². The predicted molar refractivity (Wildman–Crippen MR) is 107 cm³/mol. The Morgan fingerprint density at radius 3 is 2.61 bits per heavy atom. The summed E-state index contributed by atoms with van der Waals surface area (Å²) < 4.78 is 11.3. The summed E-state index contributed by atoms with van der Waals surface area (Å²) >= 11 is 0.856. The average Bonchev–Trinajstić information content (AvgIpc) is 2.99. The number of carbonyl (C=O) groups is 3. The minimum absolute atomic E-state index is 0.0299. The van der Waals surface area contributed by atoms with E-state index in [1.54, 1.807) is 31.2 Å². The number of rotatable bonds is 5. The molecular weight excluding hydrogens is 380 g/mol. The first-order valence-electron chi connectivity index (χ1n) is 9.25. The van der Waals surface area contributed by atoms with Gasteiger partial charge in [-0.2, -0.15) is 0 Å². The van der Waals surface area contributed by atoms with Gasteiger partial charge in [-0.25, -0.2) is 0 Å². The standard InChI is InChI=1S/C20H24N2O5S/c1-12-6-8-22(9-7-12)19(24)13(2)27-15-5-4-14(10-16(15)26-3)11-17-18(23)21-20(25)28-17/h4-5,10-13H,6-9H2,1-3H3,(H,21,23,25)/b17-11-/t13-/m1/s1. The summed E-state index contributed by atoms with van der Waals surface area (Å²) in [6.45, 7) is 5.46. The zero-order valence-corrected chi connectivity index (χ0v) is 17.0. The molecule has 0 radical (unpaired) electrons. The number of hydrogen-bond acceptors (Lipinski definition) is 6. The predicted octanol–water partition coefficient (Wildman–Crippen LogP) is 3.04. The topological polar surface area (TPSA) is 84.9 Å². The highest BCUT2D eigenvalue weighted by Crippen LogP contribution is 2.32. The fraction of sp³-hybridized carbons (Fsp3) is 0.450. The number of nitrogens with zero attached hydrogens (tertiary/aromatic N) is 1. The lowest BCUT2D eigenvalue weighted by atomic mass is 9.99. The molecular formula is C20H24N2O5S. The molecule has 7 nitrogen and oxygen atoms in total. The number of carbonyl (C=O) groups excluding carboxylic acids is 3. The highest BCUT2D eigenvalue weighted by molar-refractivity contribution is 8.18. The van der Waals surface area contributed by atoms with Crippen molar-refractivity contribution in [3.05, 3.63) is 28.7 Å². The van der Waals surface area contributed by atoms with Gasteiger partial charge in [-0.1, -0.05) is 13.0 Å². The molecule has 2 heterocycles. The van der Waals surface area contributed by atoms with Crippen molar-refractivity contribution in [2.24, 2.45) is 5.92 Å². The molecule has 0 unspecified atom stereocenters. The van der Waals surface area contributed by atoms with Crippen LogP contribution < -0.4 is 14.8 Å². The van der Waals surface area contributed by atoms with Crippen LogP contribution in [0, 0.1) is 5.92 Å². The Morgan fingerprint density at radius 1 is 1.29 bits per heavy atom. The summed E-state index contributed by atoms with van der Waals surface area (Å²) in [5.41, 5.74) is 0.695. The van der Waals surface area contributed by atoms with Gasteiger partial charge < -0.3 is 14.4 Å². The number of methoxy groups -OCH3 is 1. The molecule has 0 saturated carbocycles. The SMILES string of the molecule is COc1cc(/C=C2\SC(=O)NC2=O)ccc1O[C@H](C)C(=O)N1CCC(C)CC1.